The monoisotopic (exact) mass is 253 g/mol. The summed E-state index contributed by atoms with van der Waals surface area (Å²) in [4.78, 5) is 4.40. The first kappa shape index (κ1) is 15.2. The highest BCUT2D eigenvalue weighted by atomic mass is 16.5. The van der Waals surface area contributed by atoms with Gasteiger partial charge in [-0.05, 0) is 24.2 Å². The van der Waals surface area contributed by atoms with Gasteiger partial charge in [-0.25, -0.2) is 0 Å². The minimum absolute atomic E-state index is 0.0922. The van der Waals surface area contributed by atoms with Crippen molar-refractivity contribution in [1.29, 1.82) is 0 Å². The number of aromatic nitrogens is 2. The third-order valence-electron chi connectivity index (χ3n) is 2.90. The lowest BCUT2D eigenvalue weighted by molar-refractivity contribution is 0.282. The van der Waals surface area contributed by atoms with Crippen molar-refractivity contribution in [3.05, 3.63) is 11.7 Å². The van der Waals surface area contributed by atoms with E-state index in [-0.39, 0.29) is 6.04 Å². The highest BCUT2D eigenvalue weighted by molar-refractivity contribution is 4.93. The Morgan fingerprint density at radius 3 is 2.56 bits per heavy atom. The van der Waals surface area contributed by atoms with Crippen LogP contribution in [0, 0.1) is 11.3 Å². The second-order valence-corrected chi connectivity index (χ2v) is 6.52. The molecule has 104 valence electrons. The molecule has 0 aromatic carbocycles. The molecule has 18 heavy (non-hydrogen) atoms. The summed E-state index contributed by atoms with van der Waals surface area (Å²) in [6.07, 6.45) is 3.91. The van der Waals surface area contributed by atoms with E-state index in [2.05, 4.69) is 44.8 Å². The van der Waals surface area contributed by atoms with E-state index in [9.17, 15) is 0 Å². The van der Waals surface area contributed by atoms with Crippen molar-refractivity contribution in [2.75, 3.05) is 0 Å². The van der Waals surface area contributed by atoms with Gasteiger partial charge in [-0.2, -0.15) is 4.98 Å². The van der Waals surface area contributed by atoms with Gasteiger partial charge in [0, 0.05) is 6.42 Å². The molecule has 4 heteroatoms. The summed E-state index contributed by atoms with van der Waals surface area (Å²) in [5.41, 5.74) is 6.30. The zero-order valence-corrected chi connectivity index (χ0v) is 12.4. The van der Waals surface area contributed by atoms with Gasteiger partial charge in [0.05, 0.1) is 6.04 Å². The van der Waals surface area contributed by atoms with Crippen LogP contribution >= 0.6 is 0 Å². The number of hydrogen-bond acceptors (Lipinski definition) is 4. The van der Waals surface area contributed by atoms with Gasteiger partial charge in [0.25, 0.3) is 0 Å². The van der Waals surface area contributed by atoms with E-state index in [1.165, 1.54) is 0 Å². The zero-order valence-electron chi connectivity index (χ0n) is 12.4. The summed E-state index contributed by atoms with van der Waals surface area (Å²) in [6, 6.07) is -0.0922. The quantitative estimate of drug-likeness (QED) is 0.843. The van der Waals surface area contributed by atoms with E-state index >= 15 is 0 Å². The van der Waals surface area contributed by atoms with Crippen molar-refractivity contribution < 1.29 is 4.52 Å². The molecule has 0 fully saturated rings. The fourth-order valence-corrected chi connectivity index (χ4v) is 2.36. The van der Waals surface area contributed by atoms with Gasteiger partial charge in [0.1, 0.15) is 0 Å². The molecule has 1 aromatic heterocycles. The molecule has 1 rings (SSSR count). The Kier molecular flexibility index (Phi) is 5.32. The smallest absolute Gasteiger partial charge is 0.226 e. The average Bonchev–Trinajstić information content (AvgIpc) is 2.63. The lowest BCUT2D eigenvalue weighted by Crippen LogP contribution is -2.13. The van der Waals surface area contributed by atoms with Crippen molar-refractivity contribution in [2.24, 2.45) is 17.1 Å². The molecule has 0 saturated heterocycles. The Balaban J connectivity index is 2.53. The van der Waals surface area contributed by atoms with E-state index in [0.29, 0.717) is 23.0 Å². The Bertz CT molecular complexity index is 354. The minimum atomic E-state index is -0.0922. The summed E-state index contributed by atoms with van der Waals surface area (Å²) in [5, 5.41) is 3.97. The van der Waals surface area contributed by atoms with E-state index in [4.69, 9.17) is 10.3 Å². The molecule has 2 unspecified atom stereocenters. The Labute approximate surface area is 110 Å². The fraction of sp³-hybridized carbons (Fsp3) is 0.857. The van der Waals surface area contributed by atoms with Crippen LogP contribution in [0.4, 0.5) is 0 Å². The lowest BCUT2D eigenvalue weighted by Gasteiger charge is -2.22. The standard InChI is InChI=1S/C14H27N3O/c1-6-7-11(15)13-16-12(18-17-13)8-10(2)9-14(3,4)5/h10-11H,6-9,15H2,1-5H3. The van der Waals surface area contributed by atoms with Gasteiger partial charge in [-0.3, -0.25) is 0 Å². The van der Waals surface area contributed by atoms with Gasteiger partial charge < -0.3 is 10.3 Å². The van der Waals surface area contributed by atoms with Crippen LogP contribution in [0.15, 0.2) is 4.52 Å². The van der Waals surface area contributed by atoms with Crippen LogP contribution in [0.25, 0.3) is 0 Å². The number of hydrogen-bond donors (Lipinski definition) is 1. The molecule has 0 aliphatic heterocycles. The topological polar surface area (TPSA) is 64.9 Å². The van der Waals surface area contributed by atoms with E-state index in [1.807, 2.05) is 0 Å². The summed E-state index contributed by atoms with van der Waals surface area (Å²) >= 11 is 0. The molecule has 2 atom stereocenters. The molecule has 0 bridgehead atoms. The third-order valence-corrected chi connectivity index (χ3v) is 2.90. The molecular weight excluding hydrogens is 226 g/mol. The maximum Gasteiger partial charge on any atom is 0.226 e. The second-order valence-electron chi connectivity index (χ2n) is 6.52. The molecule has 0 spiro atoms. The molecule has 0 amide bonds. The average molecular weight is 253 g/mol. The Morgan fingerprint density at radius 2 is 2.00 bits per heavy atom. The van der Waals surface area contributed by atoms with E-state index < -0.39 is 0 Å². The first-order chi connectivity index (χ1) is 8.31. The van der Waals surface area contributed by atoms with Crippen LogP contribution in [0.1, 0.15) is 71.6 Å². The van der Waals surface area contributed by atoms with Gasteiger partial charge >= 0.3 is 0 Å². The first-order valence-electron chi connectivity index (χ1n) is 6.90. The van der Waals surface area contributed by atoms with Gasteiger partial charge in [-0.15, -0.1) is 0 Å². The SMILES string of the molecule is CCCC(N)c1noc(CC(C)CC(C)(C)C)n1. The van der Waals surface area contributed by atoms with E-state index in [0.717, 1.165) is 25.7 Å². The molecule has 1 aromatic rings. The van der Waals surface area contributed by atoms with Gasteiger partial charge in [0.2, 0.25) is 5.89 Å². The number of nitrogens with two attached hydrogens (primary N) is 1. The highest BCUT2D eigenvalue weighted by Crippen LogP contribution is 2.26. The maximum absolute atomic E-state index is 5.97. The molecule has 1 heterocycles. The first-order valence-corrected chi connectivity index (χ1v) is 6.90. The summed E-state index contributed by atoms with van der Waals surface area (Å²) in [6.45, 7) is 11.1. The van der Waals surface area contributed by atoms with Crippen LogP contribution in [0.5, 0.6) is 0 Å². The zero-order chi connectivity index (χ0) is 13.8. The lowest BCUT2D eigenvalue weighted by atomic mass is 9.84. The second kappa shape index (κ2) is 6.32. The molecule has 0 saturated carbocycles. The van der Waals surface area contributed by atoms with E-state index in [1.54, 1.807) is 0 Å². The summed E-state index contributed by atoms with van der Waals surface area (Å²) in [5.74, 6) is 1.91. The highest BCUT2D eigenvalue weighted by Gasteiger charge is 2.19. The van der Waals surface area contributed by atoms with Crippen molar-refractivity contribution in [3.8, 4) is 0 Å². The molecule has 2 N–H and O–H groups in total. The largest absolute Gasteiger partial charge is 0.339 e. The Morgan fingerprint density at radius 1 is 1.33 bits per heavy atom. The van der Waals surface area contributed by atoms with Crippen LogP contribution in [-0.4, -0.2) is 10.1 Å². The van der Waals surface area contributed by atoms with Crippen molar-refractivity contribution in [2.45, 2.75) is 66.3 Å². The van der Waals surface area contributed by atoms with Crippen molar-refractivity contribution in [3.63, 3.8) is 0 Å². The minimum Gasteiger partial charge on any atom is -0.339 e. The number of rotatable bonds is 6. The molecule has 0 aliphatic rings. The van der Waals surface area contributed by atoms with Crippen LogP contribution in [0.3, 0.4) is 0 Å². The van der Waals surface area contributed by atoms with Crippen LogP contribution in [-0.2, 0) is 6.42 Å². The molecule has 0 aliphatic carbocycles. The van der Waals surface area contributed by atoms with Crippen LogP contribution < -0.4 is 5.73 Å². The molecule has 0 radical (unpaired) electrons. The predicted octanol–water partition coefficient (Wildman–Crippen LogP) is 3.48. The normalized spacial score (nSPS) is 15.7. The van der Waals surface area contributed by atoms with Gasteiger partial charge in [-0.1, -0.05) is 46.2 Å². The Hall–Kier alpha value is -0.900. The summed E-state index contributed by atoms with van der Waals surface area (Å²) < 4.78 is 5.28. The fourth-order valence-electron chi connectivity index (χ4n) is 2.36. The molecule has 4 nitrogen and oxygen atoms in total. The summed E-state index contributed by atoms with van der Waals surface area (Å²) in [7, 11) is 0. The number of nitrogens with zero attached hydrogens (tertiary/aromatic N) is 2. The van der Waals surface area contributed by atoms with Crippen molar-refractivity contribution >= 4 is 0 Å². The third kappa shape index (κ3) is 5.17. The van der Waals surface area contributed by atoms with Crippen LogP contribution in [0.2, 0.25) is 0 Å². The van der Waals surface area contributed by atoms with Crippen molar-refractivity contribution in [1.82, 2.24) is 10.1 Å². The van der Waals surface area contributed by atoms with Gasteiger partial charge in [0.15, 0.2) is 5.82 Å². The maximum atomic E-state index is 5.97. The molecular formula is C14H27N3O. The predicted molar refractivity (Wildman–Crippen MR) is 73.1 cm³/mol.